The number of carboxylic acid groups (broad SMARTS) is 3. The summed E-state index contributed by atoms with van der Waals surface area (Å²) in [6.07, 6.45) is 0.558. The lowest BCUT2D eigenvalue weighted by molar-refractivity contribution is 0.0684. The fourth-order valence-electron chi connectivity index (χ4n) is 4.17. The van der Waals surface area contributed by atoms with E-state index in [0.717, 1.165) is 24.3 Å². The molecule has 3 aromatic rings. The summed E-state index contributed by atoms with van der Waals surface area (Å²) in [6, 6.07) is 6.72. The van der Waals surface area contributed by atoms with Crippen LogP contribution in [0.5, 0.6) is 0 Å². The highest BCUT2D eigenvalue weighted by Crippen LogP contribution is 2.27. The van der Waals surface area contributed by atoms with Crippen molar-refractivity contribution in [2.45, 2.75) is 49.8 Å². The van der Waals surface area contributed by atoms with Crippen molar-refractivity contribution in [3.05, 3.63) is 93.0 Å². The van der Waals surface area contributed by atoms with E-state index in [4.69, 9.17) is 25.5 Å². The van der Waals surface area contributed by atoms with Crippen LogP contribution < -0.4 is 0 Å². The summed E-state index contributed by atoms with van der Waals surface area (Å²) in [6.45, 7) is 4.17. The molecule has 0 amide bonds. The van der Waals surface area contributed by atoms with Crippen LogP contribution in [0.2, 0.25) is 0 Å². The van der Waals surface area contributed by atoms with Gasteiger partial charge in [0.05, 0.1) is 35.7 Å². The summed E-state index contributed by atoms with van der Waals surface area (Å²) in [5.41, 5.74) is -0.447. The minimum atomic E-state index is -3.93. The normalized spacial score (nSPS) is 10.7. The number of benzene rings is 3. The fourth-order valence-corrected chi connectivity index (χ4v) is 6.02. The Bertz CT molecular complexity index is 1700. The van der Waals surface area contributed by atoms with Gasteiger partial charge in [0.1, 0.15) is 16.5 Å². The molecule has 0 heterocycles. The second-order valence-corrected chi connectivity index (χ2v) is 12.5. The lowest BCUT2D eigenvalue weighted by Crippen LogP contribution is -2.15. The summed E-state index contributed by atoms with van der Waals surface area (Å²) in [4.78, 5) is 32.1. The number of aromatic carboxylic acids is 3. The van der Waals surface area contributed by atoms with Gasteiger partial charge in [-0.25, -0.2) is 40.4 Å². The molecule has 47 heavy (non-hydrogen) atoms. The monoisotopic (exact) mass is 706 g/mol. The molecule has 16 heteroatoms. The van der Waals surface area contributed by atoms with Crippen molar-refractivity contribution in [1.29, 1.82) is 0 Å². The molecule has 3 aromatic carbocycles. The van der Waals surface area contributed by atoms with E-state index in [1.54, 1.807) is 13.8 Å². The second-order valence-electron chi connectivity index (χ2n) is 9.29. The van der Waals surface area contributed by atoms with Crippen LogP contribution in [0, 0.1) is 23.3 Å². The molecule has 0 aromatic heterocycles. The van der Waals surface area contributed by atoms with Crippen molar-refractivity contribution >= 4 is 39.5 Å². The summed E-state index contributed by atoms with van der Waals surface area (Å²) in [5.74, 6) is -7.48. The van der Waals surface area contributed by atoms with Crippen molar-refractivity contribution in [1.82, 2.24) is 0 Å². The maximum absolute atomic E-state index is 14.0. The summed E-state index contributed by atoms with van der Waals surface area (Å²) >= 11 is 1.18. The minimum Gasteiger partial charge on any atom is -0.478 e. The highest BCUT2D eigenvalue weighted by atomic mass is 32.2. The molecule has 10 nitrogen and oxygen atoms in total. The number of carboxylic acids is 3. The molecule has 3 rings (SSSR count). The Labute approximate surface area is 272 Å². The maximum Gasteiger partial charge on any atom is 0.336 e. The summed E-state index contributed by atoms with van der Waals surface area (Å²) in [7, 11) is -3.93. The van der Waals surface area contributed by atoms with E-state index in [-0.39, 0.29) is 52.8 Å². The summed E-state index contributed by atoms with van der Waals surface area (Å²) < 4.78 is 76.8. The third-order valence-corrected chi connectivity index (χ3v) is 9.13. The van der Waals surface area contributed by atoms with E-state index in [0.29, 0.717) is 17.1 Å². The number of rotatable bonds is 12. The third-order valence-electron chi connectivity index (χ3n) is 6.41. The van der Waals surface area contributed by atoms with Crippen LogP contribution in [-0.2, 0) is 29.1 Å². The number of thioether (sulfide) groups is 1. The van der Waals surface area contributed by atoms with E-state index in [1.165, 1.54) is 30.8 Å². The zero-order valence-electron chi connectivity index (χ0n) is 25.5. The van der Waals surface area contributed by atoms with Crippen LogP contribution >= 0.6 is 11.8 Å². The molecule has 5 N–H and O–H groups in total. The predicted octanol–water partition coefficient (Wildman–Crippen LogP) is 5.25. The Kier molecular flexibility index (Phi) is 16.6. The second kappa shape index (κ2) is 19.0. The molecule has 0 aliphatic heterocycles. The first-order chi connectivity index (χ1) is 22.0. The van der Waals surface area contributed by atoms with Crippen LogP contribution in [0.15, 0.2) is 46.2 Å². The molecule has 0 bridgehead atoms. The first-order valence-electron chi connectivity index (χ1n) is 13.9. The van der Waals surface area contributed by atoms with Gasteiger partial charge in [-0.3, -0.25) is 0 Å². The zero-order chi connectivity index (χ0) is 36.1. The smallest absolute Gasteiger partial charge is 0.336 e. The zero-order valence-corrected chi connectivity index (χ0v) is 27.2. The third kappa shape index (κ3) is 10.8. The van der Waals surface area contributed by atoms with Crippen LogP contribution in [0.4, 0.5) is 17.6 Å². The molecule has 0 atom stereocenters. The number of halogens is 4. The van der Waals surface area contributed by atoms with Gasteiger partial charge in [-0.05, 0) is 55.7 Å². The Morgan fingerprint density at radius 2 is 1.06 bits per heavy atom. The Morgan fingerprint density at radius 1 is 0.638 bits per heavy atom. The SMILES string of the molecule is CCc1c(C(=O)O)ccc(F)c1F.CCc1c(C(=O)O)ccc(S(=O)(=O)CCO)c1F.CCc1c(C(=O)O)ccc(SCCO)c1F. The Morgan fingerprint density at radius 3 is 1.49 bits per heavy atom. The molecule has 0 saturated heterocycles. The number of hydrogen-bond donors (Lipinski definition) is 5. The molecule has 258 valence electrons. The van der Waals surface area contributed by atoms with Gasteiger partial charge in [0.25, 0.3) is 0 Å². The number of aliphatic hydroxyl groups excluding tert-OH is 2. The van der Waals surface area contributed by atoms with E-state index in [2.05, 4.69) is 0 Å². The van der Waals surface area contributed by atoms with Crippen LogP contribution in [-0.4, -0.2) is 76.6 Å². The fraction of sp³-hybridized carbons (Fsp3) is 0.323. The molecular weight excluding hydrogens is 672 g/mol. The standard InChI is InChI=1S/C11H13FO5S.C11H13FO3S.C9H8F2O2/c1-2-7-8(11(14)15)3-4-9(10(7)12)18(16,17)6-5-13;1-2-7-8(11(14)15)3-4-9(10(7)12)16-6-5-13;1-2-5-6(9(12)13)3-4-7(10)8(5)11/h3-4,13H,2,5-6H2,1H3,(H,14,15);3-4,13H,2,5-6H2,1H3,(H,14,15);3-4H,2H2,1H3,(H,12,13). The van der Waals surface area contributed by atoms with Gasteiger partial charge in [-0.15, -0.1) is 11.8 Å². The minimum absolute atomic E-state index is 0.00773. The molecular formula is C31H34F4O10S2. The quantitative estimate of drug-likeness (QED) is 0.122. The number of sulfone groups is 1. The Hall–Kier alpha value is -3.99. The molecule has 0 unspecified atom stereocenters. The first kappa shape index (κ1) is 41.0. The lowest BCUT2D eigenvalue weighted by atomic mass is 10.0. The van der Waals surface area contributed by atoms with Gasteiger partial charge in [-0.1, -0.05) is 20.8 Å². The van der Waals surface area contributed by atoms with E-state index in [9.17, 15) is 40.4 Å². The van der Waals surface area contributed by atoms with Crippen molar-refractivity contribution in [2.75, 3.05) is 24.7 Å². The van der Waals surface area contributed by atoms with Gasteiger partial charge < -0.3 is 25.5 Å². The average molecular weight is 707 g/mol. The van der Waals surface area contributed by atoms with Crippen molar-refractivity contribution in [2.24, 2.45) is 0 Å². The molecule has 0 radical (unpaired) electrons. The van der Waals surface area contributed by atoms with Gasteiger partial charge in [0.15, 0.2) is 21.5 Å². The number of aliphatic hydroxyl groups is 2. The molecule has 0 aliphatic rings. The molecule has 0 fully saturated rings. The van der Waals surface area contributed by atoms with E-state index in [1.807, 2.05) is 0 Å². The predicted molar refractivity (Wildman–Crippen MR) is 165 cm³/mol. The van der Waals surface area contributed by atoms with Crippen molar-refractivity contribution < 1.29 is 65.9 Å². The summed E-state index contributed by atoms with van der Waals surface area (Å²) in [5, 5.41) is 43.6. The van der Waals surface area contributed by atoms with Crippen LogP contribution in [0.1, 0.15) is 68.5 Å². The van der Waals surface area contributed by atoms with Crippen molar-refractivity contribution in [3.63, 3.8) is 0 Å². The van der Waals surface area contributed by atoms with Crippen LogP contribution in [0.3, 0.4) is 0 Å². The Balaban J connectivity index is 0.000000357. The molecule has 0 saturated carbocycles. The number of hydrogen-bond acceptors (Lipinski definition) is 8. The van der Waals surface area contributed by atoms with E-state index >= 15 is 0 Å². The van der Waals surface area contributed by atoms with Crippen LogP contribution in [0.25, 0.3) is 0 Å². The number of carbonyl (C=O) groups is 3. The van der Waals surface area contributed by atoms with Gasteiger partial charge in [0.2, 0.25) is 0 Å². The van der Waals surface area contributed by atoms with E-state index < -0.39 is 68.3 Å². The average Bonchev–Trinajstić information content (AvgIpc) is 3.01. The van der Waals surface area contributed by atoms with Gasteiger partial charge in [-0.2, -0.15) is 0 Å². The molecule has 0 spiro atoms. The highest BCUT2D eigenvalue weighted by molar-refractivity contribution is 7.99. The highest BCUT2D eigenvalue weighted by Gasteiger charge is 2.24. The van der Waals surface area contributed by atoms with Gasteiger partial charge in [0, 0.05) is 27.3 Å². The lowest BCUT2D eigenvalue weighted by Gasteiger charge is -2.10. The van der Waals surface area contributed by atoms with Crippen molar-refractivity contribution in [3.8, 4) is 0 Å². The first-order valence-corrected chi connectivity index (χ1v) is 16.5. The molecule has 0 aliphatic carbocycles. The maximum atomic E-state index is 14.0. The topological polar surface area (TPSA) is 186 Å². The largest absolute Gasteiger partial charge is 0.478 e. The van der Waals surface area contributed by atoms with Gasteiger partial charge >= 0.3 is 17.9 Å².